The molecule has 68 valence electrons. The van der Waals surface area contributed by atoms with Gasteiger partial charge in [-0.05, 0) is 6.42 Å². The molecule has 1 aliphatic rings. The highest BCUT2D eigenvalue weighted by molar-refractivity contribution is 5.84. The summed E-state index contributed by atoms with van der Waals surface area (Å²) < 4.78 is 9.28. The Labute approximate surface area is 70.0 Å². The minimum absolute atomic E-state index is 0.398. The molecule has 1 amide bonds. The van der Waals surface area contributed by atoms with Crippen molar-refractivity contribution in [2.75, 3.05) is 7.11 Å². The molecule has 12 heavy (non-hydrogen) atoms. The van der Waals surface area contributed by atoms with Crippen LogP contribution in [0.25, 0.3) is 0 Å². The summed E-state index contributed by atoms with van der Waals surface area (Å²) in [6.07, 6.45) is -0.361. The second-order valence-electron chi connectivity index (χ2n) is 2.50. The summed E-state index contributed by atoms with van der Waals surface area (Å²) >= 11 is 0. The van der Waals surface area contributed by atoms with Gasteiger partial charge < -0.3 is 14.8 Å². The lowest BCUT2D eigenvalue weighted by molar-refractivity contribution is -0.144. The van der Waals surface area contributed by atoms with E-state index in [1.54, 1.807) is 0 Å². The van der Waals surface area contributed by atoms with Gasteiger partial charge in [-0.15, -0.1) is 0 Å². The van der Waals surface area contributed by atoms with E-state index in [2.05, 4.69) is 10.1 Å². The van der Waals surface area contributed by atoms with Crippen molar-refractivity contribution in [3.63, 3.8) is 0 Å². The normalized spacial score (nSPS) is 27.7. The molecule has 1 aliphatic heterocycles. The number of rotatable bonds is 2. The van der Waals surface area contributed by atoms with Gasteiger partial charge in [-0.3, -0.25) is 0 Å². The van der Waals surface area contributed by atoms with Gasteiger partial charge in [-0.2, -0.15) is 0 Å². The summed E-state index contributed by atoms with van der Waals surface area (Å²) in [6.45, 7) is 1.83. The van der Waals surface area contributed by atoms with Crippen LogP contribution in [0.1, 0.15) is 13.3 Å². The minimum Gasteiger partial charge on any atom is -0.467 e. The van der Waals surface area contributed by atoms with Crippen molar-refractivity contribution in [1.82, 2.24) is 5.32 Å². The van der Waals surface area contributed by atoms with E-state index in [-0.39, 0.29) is 0 Å². The third-order valence-corrected chi connectivity index (χ3v) is 1.76. The third-order valence-electron chi connectivity index (χ3n) is 1.76. The number of carbonyl (C=O) groups is 2. The van der Waals surface area contributed by atoms with Crippen molar-refractivity contribution in [3.05, 3.63) is 0 Å². The predicted octanol–water partition coefficient (Wildman–Crippen LogP) is 0.0464. The van der Waals surface area contributed by atoms with Gasteiger partial charge in [-0.25, -0.2) is 9.59 Å². The molecule has 5 heteroatoms. The maximum Gasteiger partial charge on any atom is 0.408 e. The fourth-order valence-electron chi connectivity index (χ4n) is 1.12. The average molecular weight is 173 g/mol. The van der Waals surface area contributed by atoms with Gasteiger partial charge in [0.05, 0.1) is 7.11 Å². The van der Waals surface area contributed by atoms with Crippen LogP contribution in [0, 0.1) is 0 Å². The number of nitrogens with one attached hydrogen (secondary N) is 1. The highest BCUT2D eigenvalue weighted by atomic mass is 16.6. The van der Waals surface area contributed by atoms with E-state index < -0.39 is 24.2 Å². The lowest BCUT2D eigenvalue weighted by atomic mass is 10.1. The van der Waals surface area contributed by atoms with Crippen LogP contribution >= 0.6 is 0 Å². The molecule has 1 heterocycles. The number of hydrogen-bond acceptors (Lipinski definition) is 4. The summed E-state index contributed by atoms with van der Waals surface area (Å²) in [5, 5.41) is 2.37. The van der Waals surface area contributed by atoms with Gasteiger partial charge in [0.2, 0.25) is 0 Å². The Morgan fingerprint density at radius 2 is 2.42 bits per heavy atom. The molecule has 2 atom stereocenters. The summed E-state index contributed by atoms with van der Waals surface area (Å²) in [5.74, 6) is -0.465. The molecule has 1 N–H and O–H groups in total. The molecule has 0 bridgehead atoms. The number of amides is 1. The number of cyclic esters (lactones) is 1. The fourth-order valence-corrected chi connectivity index (χ4v) is 1.12. The lowest BCUT2D eigenvalue weighted by Crippen LogP contribution is -2.39. The van der Waals surface area contributed by atoms with Gasteiger partial charge in [0.15, 0.2) is 6.04 Å². The largest absolute Gasteiger partial charge is 0.467 e. The Bertz CT molecular complexity index is 204. The molecule has 0 unspecified atom stereocenters. The lowest BCUT2D eigenvalue weighted by Gasteiger charge is -2.11. The summed E-state index contributed by atoms with van der Waals surface area (Å²) in [5.41, 5.74) is 0. The third kappa shape index (κ3) is 1.49. The average Bonchev–Trinajstić information content (AvgIpc) is 2.45. The van der Waals surface area contributed by atoms with Crippen LogP contribution in [0.2, 0.25) is 0 Å². The second kappa shape index (κ2) is 3.42. The molecular weight excluding hydrogens is 162 g/mol. The zero-order valence-corrected chi connectivity index (χ0v) is 6.99. The number of esters is 1. The predicted molar refractivity (Wildman–Crippen MR) is 39.5 cm³/mol. The van der Waals surface area contributed by atoms with E-state index >= 15 is 0 Å². The first-order valence-electron chi connectivity index (χ1n) is 3.74. The molecular formula is C7H11NO4. The molecule has 5 nitrogen and oxygen atoms in total. The minimum atomic E-state index is -0.646. The van der Waals surface area contributed by atoms with Crippen LogP contribution in [0.4, 0.5) is 4.79 Å². The first kappa shape index (κ1) is 8.83. The first-order valence-corrected chi connectivity index (χ1v) is 3.74. The molecule has 1 fully saturated rings. The van der Waals surface area contributed by atoms with Crippen molar-refractivity contribution < 1.29 is 19.1 Å². The Morgan fingerprint density at radius 3 is 2.92 bits per heavy atom. The number of carbonyl (C=O) groups excluding carboxylic acids is 2. The number of methoxy groups -OCH3 is 1. The monoisotopic (exact) mass is 173 g/mol. The van der Waals surface area contributed by atoms with Crippen molar-refractivity contribution in [2.24, 2.45) is 0 Å². The molecule has 0 aromatic rings. The van der Waals surface area contributed by atoms with Gasteiger partial charge in [-0.1, -0.05) is 6.92 Å². The summed E-state index contributed by atoms with van der Waals surface area (Å²) in [6, 6.07) is -0.646. The van der Waals surface area contributed by atoms with E-state index in [1.165, 1.54) is 7.11 Å². The molecule has 0 saturated carbocycles. The number of alkyl carbamates (subject to hydrolysis) is 1. The van der Waals surface area contributed by atoms with Gasteiger partial charge in [0.1, 0.15) is 6.10 Å². The SMILES string of the molecule is CC[C@H]1OC(=O)N[C@H]1C(=O)OC. The summed E-state index contributed by atoms with van der Waals surface area (Å²) in [4.78, 5) is 21.7. The maximum atomic E-state index is 11.0. The Morgan fingerprint density at radius 1 is 1.75 bits per heavy atom. The zero-order valence-electron chi connectivity index (χ0n) is 6.99. The highest BCUT2D eigenvalue weighted by Gasteiger charge is 2.38. The van der Waals surface area contributed by atoms with Crippen molar-refractivity contribution in [1.29, 1.82) is 0 Å². The molecule has 0 spiro atoms. The van der Waals surface area contributed by atoms with Crippen LogP contribution in [-0.2, 0) is 14.3 Å². The van der Waals surface area contributed by atoms with Crippen LogP contribution in [0.15, 0.2) is 0 Å². The number of hydrogen-bond donors (Lipinski definition) is 1. The Kier molecular flexibility index (Phi) is 2.52. The van der Waals surface area contributed by atoms with Crippen LogP contribution in [-0.4, -0.2) is 31.3 Å². The van der Waals surface area contributed by atoms with Gasteiger partial charge in [0, 0.05) is 0 Å². The van der Waals surface area contributed by atoms with Crippen molar-refractivity contribution >= 4 is 12.1 Å². The molecule has 1 saturated heterocycles. The van der Waals surface area contributed by atoms with E-state index in [4.69, 9.17) is 4.74 Å². The van der Waals surface area contributed by atoms with E-state index in [0.29, 0.717) is 6.42 Å². The van der Waals surface area contributed by atoms with Crippen molar-refractivity contribution in [3.8, 4) is 0 Å². The summed E-state index contributed by atoms with van der Waals surface area (Å²) in [7, 11) is 1.28. The molecule has 0 aliphatic carbocycles. The van der Waals surface area contributed by atoms with Crippen LogP contribution in [0.3, 0.4) is 0 Å². The Hall–Kier alpha value is -1.26. The van der Waals surface area contributed by atoms with Crippen LogP contribution in [0.5, 0.6) is 0 Å². The van der Waals surface area contributed by atoms with E-state index in [9.17, 15) is 9.59 Å². The van der Waals surface area contributed by atoms with E-state index in [1.807, 2.05) is 6.92 Å². The van der Waals surface area contributed by atoms with E-state index in [0.717, 1.165) is 0 Å². The smallest absolute Gasteiger partial charge is 0.408 e. The van der Waals surface area contributed by atoms with Crippen LogP contribution < -0.4 is 5.32 Å². The molecule has 1 rings (SSSR count). The molecule has 0 aromatic heterocycles. The number of ether oxygens (including phenoxy) is 2. The van der Waals surface area contributed by atoms with Gasteiger partial charge in [0.25, 0.3) is 0 Å². The van der Waals surface area contributed by atoms with Gasteiger partial charge >= 0.3 is 12.1 Å². The molecule has 0 aromatic carbocycles. The highest BCUT2D eigenvalue weighted by Crippen LogP contribution is 2.12. The topological polar surface area (TPSA) is 64.6 Å². The zero-order chi connectivity index (χ0) is 9.14. The fraction of sp³-hybridized carbons (Fsp3) is 0.714. The second-order valence-corrected chi connectivity index (χ2v) is 2.50. The quantitative estimate of drug-likeness (QED) is 0.599. The first-order chi connectivity index (χ1) is 5.69. The maximum absolute atomic E-state index is 11.0. The standard InChI is InChI=1S/C7H11NO4/c1-3-4-5(6(9)11-2)8-7(10)12-4/h4-5H,3H2,1-2H3,(H,8,10)/t4-,5-/m1/s1. The Balaban J connectivity index is 2.63. The molecule has 0 radical (unpaired) electrons. The van der Waals surface area contributed by atoms with Crippen molar-refractivity contribution in [2.45, 2.75) is 25.5 Å².